The number of carbonyl (C=O) groups excluding carboxylic acids is 1. The number of rotatable bonds is 4. The van der Waals surface area contributed by atoms with Gasteiger partial charge in [-0.25, -0.2) is 4.79 Å². The van der Waals surface area contributed by atoms with Crippen molar-refractivity contribution in [1.82, 2.24) is 5.32 Å². The highest BCUT2D eigenvalue weighted by molar-refractivity contribution is 7.09. The third-order valence-electron chi connectivity index (χ3n) is 2.36. The molecule has 0 radical (unpaired) electrons. The molecule has 0 spiro atoms. The molecule has 0 aliphatic heterocycles. The second kappa shape index (κ2) is 6.42. The minimum atomic E-state index is -0.236. The van der Waals surface area contributed by atoms with Crippen LogP contribution in [0.25, 0.3) is 0 Å². The van der Waals surface area contributed by atoms with E-state index in [9.17, 15) is 4.79 Å². The monoisotopic (exact) mass is 280 g/mol. The zero-order valence-electron chi connectivity index (χ0n) is 9.65. The van der Waals surface area contributed by atoms with Gasteiger partial charge in [-0.05, 0) is 30.0 Å². The molecule has 2 N–H and O–H groups in total. The number of nitrogens with one attached hydrogen (secondary N) is 2. The topological polar surface area (TPSA) is 41.1 Å². The van der Waals surface area contributed by atoms with Crippen LogP contribution in [0.1, 0.15) is 4.88 Å². The Kier molecular flexibility index (Phi) is 4.61. The number of urea groups is 1. The average molecular weight is 281 g/mol. The zero-order valence-corrected chi connectivity index (χ0v) is 11.2. The minimum absolute atomic E-state index is 0.236. The Morgan fingerprint density at radius 1 is 1.22 bits per heavy atom. The lowest BCUT2D eigenvalue weighted by molar-refractivity contribution is 0.252. The van der Waals surface area contributed by atoms with E-state index in [4.69, 9.17) is 11.6 Å². The lowest BCUT2D eigenvalue weighted by atomic mass is 10.3. The number of amides is 2. The molecule has 0 aliphatic carbocycles. The Balaban J connectivity index is 1.77. The molecule has 0 saturated heterocycles. The van der Waals surface area contributed by atoms with Crippen molar-refractivity contribution in [3.63, 3.8) is 0 Å². The van der Waals surface area contributed by atoms with Gasteiger partial charge < -0.3 is 10.6 Å². The van der Waals surface area contributed by atoms with Crippen molar-refractivity contribution in [2.24, 2.45) is 0 Å². The van der Waals surface area contributed by atoms with Gasteiger partial charge in [-0.15, -0.1) is 11.3 Å². The van der Waals surface area contributed by atoms with Crippen LogP contribution in [0.3, 0.4) is 0 Å². The van der Waals surface area contributed by atoms with Gasteiger partial charge in [0, 0.05) is 11.4 Å². The molecule has 0 aliphatic rings. The van der Waals surface area contributed by atoms with Crippen LogP contribution < -0.4 is 10.6 Å². The standard InChI is InChI=1S/C13H13ClN2OS/c14-11-5-1-2-6-12(11)16-13(17)15-8-7-10-4-3-9-18-10/h1-6,9H,7-8H2,(H2,15,16,17). The average Bonchev–Trinajstić information content (AvgIpc) is 2.85. The van der Waals surface area contributed by atoms with Gasteiger partial charge in [0.2, 0.25) is 0 Å². The first kappa shape index (κ1) is 12.9. The van der Waals surface area contributed by atoms with Gasteiger partial charge in [-0.3, -0.25) is 0 Å². The predicted octanol–water partition coefficient (Wildman–Crippen LogP) is 3.77. The predicted molar refractivity (Wildman–Crippen MR) is 76.5 cm³/mol. The molecular formula is C13H13ClN2OS. The van der Waals surface area contributed by atoms with Crippen molar-refractivity contribution in [3.8, 4) is 0 Å². The lowest BCUT2D eigenvalue weighted by Crippen LogP contribution is -2.30. The van der Waals surface area contributed by atoms with Crippen LogP contribution in [-0.4, -0.2) is 12.6 Å². The molecule has 0 unspecified atom stereocenters. The molecule has 0 fully saturated rings. The van der Waals surface area contributed by atoms with E-state index in [0.29, 0.717) is 17.3 Å². The second-order valence-electron chi connectivity index (χ2n) is 3.69. The molecule has 2 aromatic rings. The van der Waals surface area contributed by atoms with Crippen LogP contribution in [0.5, 0.6) is 0 Å². The number of anilines is 1. The number of halogens is 1. The Bertz CT molecular complexity index is 513. The molecule has 5 heteroatoms. The van der Waals surface area contributed by atoms with Crippen molar-refractivity contribution < 1.29 is 4.79 Å². The number of thiophene rings is 1. The number of para-hydroxylation sites is 1. The van der Waals surface area contributed by atoms with Crippen LogP contribution in [0, 0.1) is 0 Å². The first-order chi connectivity index (χ1) is 8.75. The summed E-state index contributed by atoms with van der Waals surface area (Å²) < 4.78 is 0. The van der Waals surface area contributed by atoms with Crippen molar-refractivity contribution in [2.75, 3.05) is 11.9 Å². The van der Waals surface area contributed by atoms with E-state index < -0.39 is 0 Å². The summed E-state index contributed by atoms with van der Waals surface area (Å²) in [6.07, 6.45) is 0.841. The van der Waals surface area contributed by atoms with E-state index in [0.717, 1.165) is 6.42 Å². The van der Waals surface area contributed by atoms with Gasteiger partial charge in [0.1, 0.15) is 0 Å². The summed E-state index contributed by atoms with van der Waals surface area (Å²) in [6, 6.07) is 11.0. The summed E-state index contributed by atoms with van der Waals surface area (Å²) >= 11 is 7.63. The highest BCUT2D eigenvalue weighted by Crippen LogP contribution is 2.20. The Morgan fingerprint density at radius 3 is 2.78 bits per heavy atom. The number of hydrogen-bond acceptors (Lipinski definition) is 2. The summed E-state index contributed by atoms with van der Waals surface area (Å²) in [7, 11) is 0. The molecule has 0 saturated carbocycles. The molecule has 0 atom stereocenters. The highest BCUT2D eigenvalue weighted by Gasteiger charge is 2.04. The maximum Gasteiger partial charge on any atom is 0.319 e. The van der Waals surface area contributed by atoms with Crippen molar-refractivity contribution >= 4 is 34.7 Å². The molecule has 2 amide bonds. The first-order valence-corrected chi connectivity index (χ1v) is 6.83. The first-order valence-electron chi connectivity index (χ1n) is 5.57. The maximum atomic E-state index is 11.6. The molecular weight excluding hydrogens is 268 g/mol. The molecule has 1 heterocycles. The van der Waals surface area contributed by atoms with E-state index in [1.54, 1.807) is 23.5 Å². The quantitative estimate of drug-likeness (QED) is 0.879. The summed E-state index contributed by atoms with van der Waals surface area (Å²) in [5.74, 6) is 0. The molecule has 1 aromatic heterocycles. The van der Waals surface area contributed by atoms with Crippen molar-refractivity contribution in [2.45, 2.75) is 6.42 Å². The number of carbonyl (C=O) groups is 1. The largest absolute Gasteiger partial charge is 0.338 e. The molecule has 2 rings (SSSR count). The Morgan fingerprint density at radius 2 is 2.06 bits per heavy atom. The fourth-order valence-corrected chi connectivity index (χ4v) is 2.38. The smallest absolute Gasteiger partial charge is 0.319 e. The summed E-state index contributed by atoms with van der Waals surface area (Å²) in [5, 5.41) is 8.07. The number of hydrogen-bond donors (Lipinski definition) is 2. The summed E-state index contributed by atoms with van der Waals surface area (Å²) in [4.78, 5) is 12.9. The van der Waals surface area contributed by atoms with Crippen LogP contribution in [0.4, 0.5) is 10.5 Å². The van der Waals surface area contributed by atoms with Gasteiger partial charge in [-0.1, -0.05) is 29.8 Å². The SMILES string of the molecule is O=C(NCCc1cccs1)Nc1ccccc1Cl. The van der Waals surface area contributed by atoms with E-state index in [2.05, 4.69) is 16.7 Å². The Labute approximate surface area is 115 Å². The molecule has 0 bridgehead atoms. The summed E-state index contributed by atoms with van der Waals surface area (Å²) in [5.41, 5.74) is 0.618. The normalized spacial score (nSPS) is 10.1. The molecule has 94 valence electrons. The number of benzene rings is 1. The minimum Gasteiger partial charge on any atom is -0.338 e. The third-order valence-corrected chi connectivity index (χ3v) is 3.62. The van der Waals surface area contributed by atoms with Crippen LogP contribution in [0.15, 0.2) is 41.8 Å². The third kappa shape index (κ3) is 3.75. The van der Waals surface area contributed by atoms with Crippen molar-refractivity contribution in [1.29, 1.82) is 0 Å². The van der Waals surface area contributed by atoms with E-state index in [1.165, 1.54) is 4.88 Å². The molecule has 1 aromatic carbocycles. The van der Waals surface area contributed by atoms with Crippen LogP contribution >= 0.6 is 22.9 Å². The van der Waals surface area contributed by atoms with E-state index in [1.807, 2.05) is 23.6 Å². The van der Waals surface area contributed by atoms with Gasteiger partial charge in [0.05, 0.1) is 10.7 Å². The highest BCUT2D eigenvalue weighted by atomic mass is 35.5. The Hall–Kier alpha value is -1.52. The lowest BCUT2D eigenvalue weighted by Gasteiger charge is -2.08. The van der Waals surface area contributed by atoms with Gasteiger partial charge in [0.15, 0.2) is 0 Å². The van der Waals surface area contributed by atoms with Gasteiger partial charge in [0.25, 0.3) is 0 Å². The molecule has 3 nitrogen and oxygen atoms in total. The van der Waals surface area contributed by atoms with Gasteiger partial charge in [-0.2, -0.15) is 0 Å². The maximum absolute atomic E-state index is 11.6. The van der Waals surface area contributed by atoms with E-state index in [-0.39, 0.29) is 6.03 Å². The molecule has 18 heavy (non-hydrogen) atoms. The summed E-state index contributed by atoms with van der Waals surface area (Å²) in [6.45, 7) is 0.608. The second-order valence-corrected chi connectivity index (χ2v) is 5.13. The fraction of sp³-hybridized carbons (Fsp3) is 0.154. The van der Waals surface area contributed by atoms with Crippen molar-refractivity contribution in [3.05, 3.63) is 51.7 Å². The van der Waals surface area contributed by atoms with Crippen LogP contribution in [0.2, 0.25) is 5.02 Å². The fourth-order valence-electron chi connectivity index (χ4n) is 1.48. The van der Waals surface area contributed by atoms with Gasteiger partial charge >= 0.3 is 6.03 Å². The zero-order chi connectivity index (χ0) is 12.8. The van der Waals surface area contributed by atoms with E-state index >= 15 is 0 Å². The van der Waals surface area contributed by atoms with Crippen LogP contribution in [-0.2, 0) is 6.42 Å².